The normalized spacial score (nSPS) is 30.3. The smallest absolute Gasteiger partial charge is 0.249 e. The molecule has 22 heavy (non-hydrogen) atoms. The second-order valence-corrected chi connectivity index (χ2v) is 8.94. The number of hydrogen-bond acceptors (Lipinski definition) is 5. The summed E-state index contributed by atoms with van der Waals surface area (Å²) >= 11 is 3.31. The Balaban J connectivity index is 1.50. The van der Waals surface area contributed by atoms with Crippen LogP contribution in [0.15, 0.2) is 0 Å². The molecular weight excluding hydrogens is 318 g/mol. The van der Waals surface area contributed by atoms with E-state index in [9.17, 15) is 9.59 Å². The number of nitrogens with one attached hydrogen (secondary N) is 1. The van der Waals surface area contributed by atoms with Gasteiger partial charge in [0, 0.05) is 17.1 Å². The van der Waals surface area contributed by atoms with Crippen molar-refractivity contribution in [2.75, 3.05) is 11.1 Å². The van der Waals surface area contributed by atoms with Crippen molar-refractivity contribution in [2.24, 2.45) is 0 Å². The van der Waals surface area contributed by atoms with E-state index in [1.165, 1.54) is 17.7 Å². The van der Waals surface area contributed by atoms with Gasteiger partial charge in [0.15, 0.2) is 5.13 Å². The standard InChI is InChI=1S/C15H19N3O2S2/c1-15-7-6-12(19)18(15)10(8-21-15)13(20)17-14-16-9-4-2-3-5-11(9)22-14/h10H,2-8H2,1H3,(H,16,17,20)/t10-,15-/m0/s1. The Kier molecular flexibility index (Phi) is 3.45. The Hall–Kier alpha value is -1.08. The van der Waals surface area contributed by atoms with Gasteiger partial charge in [-0.1, -0.05) is 0 Å². The van der Waals surface area contributed by atoms with Crippen molar-refractivity contribution < 1.29 is 9.59 Å². The molecule has 0 aromatic carbocycles. The Morgan fingerprint density at radius 1 is 1.36 bits per heavy atom. The van der Waals surface area contributed by atoms with E-state index < -0.39 is 0 Å². The van der Waals surface area contributed by atoms with Gasteiger partial charge in [-0.3, -0.25) is 9.59 Å². The van der Waals surface area contributed by atoms with Crippen molar-refractivity contribution in [3.05, 3.63) is 10.6 Å². The summed E-state index contributed by atoms with van der Waals surface area (Å²) in [6.45, 7) is 2.07. The van der Waals surface area contributed by atoms with Crippen LogP contribution < -0.4 is 5.32 Å². The summed E-state index contributed by atoms with van der Waals surface area (Å²) in [5.74, 6) is 0.697. The maximum absolute atomic E-state index is 12.6. The van der Waals surface area contributed by atoms with Gasteiger partial charge >= 0.3 is 0 Å². The lowest BCUT2D eigenvalue weighted by Crippen LogP contribution is -2.48. The summed E-state index contributed by atoms with van der Waals surface area (Å²) in [5.41, 5.74) is 1.15. The van der Waals surface area contributed by atoms with Crippen molar-refractivity contribution in [2.45, 2.75) is 56.4 Å². The zero-order chi connectivity index (χ0) is 15.3. The largest absolute Gasteiger partial charge is 0.315 e. The van der Waals surface area contributed by atoms with Crippen molar-refractivity contribution in [3.8, 4) is 0 Å². The average molecular weight is 337 g/mol. The number of fused-ring (bicyclic) bond motifs is 2. The van der Waals surface area contributed by atoms with Gasteiger partial charge < -0.3 is 10.2 Å². The molecule has 2 fully saturated rings. The molecule has 2 amide bonds. The van der Waals surface area contributed by atoms with Gasteiger partial charge in [0.1, 0.15) is 6.04 Å². The van der Waals surface area contributed by atoms with E-state index in [1.54, 1.807) is 28.0 Å². The molecule has 0 saturated carbocycles. The minimum absolute atomic E-state index is 0.0856. The van der Waals surface area contributed by atoms with Gasteiger partial charge in [-0.25, -0.2) is 4.98 Å². The molecule has 2 aliphatic heterocycles. The Morgan fingerprint density at radius 3 is 3.00 bits per heavy atom. The third kappa shape index (κ3) is 2.25. The number of thioether (sulfide) groups is 1. The molecule has 0 spiro atoms. The summed E-state index contributed by atoms with van der Waals surface area (Å²) in [6, 6.07) is -0.356. The topological polar surface area (TPSA) is 62.3 Å². The maximum atomic E-state index is 12.6. The lowest BCUT2D eigenvalue weighted by atomic mass is 10.0. The molecule has 5 nitrogen and oxygen atoms in total. The van der Waals surface area contributed by atoms with Gasteiger partial charge in [0.25, 0.3) is 0 Å². The average Bonchev–Trinajstić information content (AvgIpc) is 3.12. The highest BCUT2D eigenvalue weighted by atomic mass is 32.2. The predicted molar refractivity (Wildman–Crippen MR) is 88.1 cm³/mol. The molecule has 0 radical (unpaired) electrons. The Bertz CT molecular complexity index is 621. The van der Waals surface area contributed by atoms with Crippen LogP contribution in [-0.2, 0) is 22.4 Å². The Morgan fingerprint density at radius 2 is 2.18 bits per heavy atom. The summed E-state index contributed by atoms with van der Waals surface area (Å²) < 4.78 is 0. The van der Waals surface area contributed by atoms with Crippen LogP contribution in [0.25, 0.3) is 0 Å². The molecule has 3 heterocycles. The molecule has 1 aromatic heterocycles. The van der Waals surface area contributed by atoms with Crippen LogP contribution in [-0.4, -0.2) is 38.4 Å². The molecule has 0 bridgehead atoms. The van der Waals surface area contributed by atoms with E-state index in [-0.39, 0.29) is 22.7 Å². The molecule has 2 atom stereocenters. The summed E-state index contributed by atoms with van der Waals surface area (Å²) in [7, 11) is 0. The summed E-state index contributed by atoms with van der Waals surface area (Å²) in [6.07, 6.45) is 5.88. The van der Waals surface area contributed by atoms with E-state index in [2.05, 4.69) is 17.2 Å². The fourth-order valence-electron chi connectivity index (χ4n) is 3.61. The summed E-state index contributed by atoms with van der Waals surface area (Å²) in [4.78, 5) is 32.2. The first-order valence-electron chi connectivity index (χ1n) is 7.82. The highest BCUT2D eigenvalue weighted by Gasteiger charge is 2.52. The first-order valence-corrected chi connectivity index (χ1v) is 9.63. The van der Waals surface area contributed by atoms with Gasteiger partial charge in [-0.05, 0) is 39.0 Å². The lowest BCUT2D eigenvalue weighted by molar-refractivity contribution is -0.135. The number of nitrogens with zero attached hydrogens (tertiary/aromatic N) is 2. The van der Waals surface area contributed by atoms with Crippen LogP contribution in [0.2, 0.25) is 0 Å². The zero-order valence-electron chi connectivity index (χ0n) is 12.6. The molecule has 4 rings (SSSR count). The molecule has 118 valence electrons. The fourth-order valence-corrected chi connectivity index (χ4v) is 6.09. The maximum Gasteiger partial charge on any atom is 0.249 e. The number of aryl methyl sites for hydroxylation is 2. The minimum atomic E-state index is -0.356. The van der Waals surface area contributed by atoms with Crippen molar-refractivity contribution in [1.29, 1.82) is 0 Å². The minimum Gasteiger partial charge on any atom is -0.315 e. The predicted octanol–water partition coefficient (Wildman–Crippen LogP) is 2.41. The number of carbonyl (C=O) groups excluding carboxylic acids is 2. The number of anilines is 1. The van der Waals surface area contributed by atoms with E-state index in [0.29, 0.717) is 17.3 Å². The number of amides is 2. The van der Waals surface area contributed by atoms with Gasteiger partial charge in [-0.15, -0.1) is 23.1 Å². The number of carbonyl (C=O) groups is 2. The second kappa shape index (κ2) is 5.23. The molecular formula is C15H19N3O2S2. The third-order valence-electron chi connectivity index (χ3n) is 4.82. The van der Waals surface area contributed by atoms with E-state index in [4.69, 9.17) is 0 Å². The van der Waals surface area contributed by atoms with Gasteiger partial charge in [0.2, 0.25) is 11.8 Å². The Labute approximate surface area is 137 Å². The summed E-state index contributed by atoms with van der Waals surface area (Å²) in [5, 5.41) is 3.65. The molecule has 2 saturated heterocycles. The van der Waals surface area contributed by atoms with Crippen molar-refractivity contribution in [1.82, 2.24) is 9.88 Å². The van der Waals surface area contributed by atoms with E-state index >= 15 is 0 Å². The third-order valence-corrected chi connectivity index (χ3v) is 7.40. The zero-order valence-corrected chi connectivity index (χ0v) is 14.2. The quantitative estimate of drug-likeness (QED) is 0.900. The van der Waals surface area contributed by atoms with Crippen LogP contribution in [0.1, 0.15) is 43.2 Å². The van der Waals surface area contributed by atoms with Crippen molar-refractivity contribution in [3.63, 3.8) is 0 Å². The van der Waals surface area contributed by atoms with Gasteiger partial charge in [0.05, 0.1) is 10.6 Å². The highest BCUT2D eigenvalue weighted by molar-refractivity contribution is 8.01. The fraction of sp³-hybridized carbons (Fsp3) is 0.667. The number of hydrogen-bond donors (Lipinski definition) is 1. The lowest BCUT2D eigenvalue weighted by Gasteiger charge is -2.29. The molecule has 3 aliphatic rings. The first-order chi connectivity index (χ1) is 10.6. The van der Waals surface area contributed by atoms with Gasteiger partial charge in [-0.2, -0.15) is 0 Å². The SMILES string of the molecule is C[C@]12CCC(=O)N1[C@H](C(=O)Nc1nc3c(s1)CCCC3)CS2. The molecule has 7 heteroatoms. The van der Waals surface area contributed by atoms with E-state index in [0.717, 1.165) is 25.0 Å². The molecule has 0 unspecified atom stereocenters. The van der Waals surface area contributed by atoms with Crippen LogP contribution in [0, 0.1) is 0 Å². The molecule has 1 N–H and O–H groups in total. The van der Waals surface area contributed by atoms with E-state index in [1.807, 2.05) is 0 Å². The molecule has 1 aliphatic carbocycles. The number of aromatic nitrogens is 1. The van der Waals surface area contributed by atoms with Crippen LogP contribution in [0.4, 0.5) is 5.13 Å². The van der Waals surface area contributed by atoms with Crippen molar-refractivity contribution >= 4 is 40.0 Å². The van der Waals surface area contributed by atoms with Crippen LogP contribution >= 0.6 is 23.1 Å². The first kappa shape index (κ1) is 14.5. The highest BCUT2D eigenvalue weighted by Crippen LogP contribution is 2.47. The number of rotatable bonds is 2. The number of thiazole rings is 1. The monoisotopic (exact) mass is 337 g/mol. The second-order valence-electron chi connectivity index (χ2n) is 6.35. The molecule has 1 aromatic rings. The van der Waals surface area contributed by atoms with Crippen LogP contribution in [0.3, 0.4) is 0 Å². The van der Waals surface area contributed by atoms with Crippen LogP contribution in [0.5, 0.6) is 0 Å².